The zero-order valence-electron chi connectivity index (χ0n) is 9.58. The smallest absolute Gasteiger partial charge is 0.267 e. The number of para-hydroxylation sites is 1. The highest BCUT2D eigenvalue weighted by molar-refractivity contribution is 6.33. The molecule has 0 unspecified atom stereocenters. The fraction of sp³-hybridized carbons (Fsp3) is 0.417. The number of carbonyl (C=O) groups excluding carboxylic acids is 1. The number of halogens is 1. The molecule has 0 spiro atoms. The van der Waals surface area contributed by atoms with Crippen LogP contribution in [0.4, 0.5) is 5.69 Å². The van der Waals surface area contributed by atoms with E-state index in [2.05, 4.69) is 5.43 Å². The molecule has 0 aliphatic carbocycles. The zero-order valence-corrected chi connectivity index (χ0v) is 10.3. The van der Waals surface area contributed by atoms with Gasteiger partial charge in [0, 0.05) is 13.1 Å². The van der Waals surface area contributed by atoms with Crippen LogP contribution < -0.4 is 11.2 Å². The highest BCUT2D eigenvalue weighted by Gasteiger charge is 2.16. The molecule has 1 aromatic rings. The van der Waals surface area contributed by atoms with Crippen molar-refractivity contribution in [2.75, 3.05) is 18.8 Å². The minimum Gasteiger partial charge on any atom is -0.397 e. The molecule has 1 aliphatic rings. The Morgan fingerprint density at radius 1 is 1.29 bits per heavy atom. The van der Waals surface area contributed by atoms with Gasteiger partial charge in [-0.15, -0.1) is 0 Å². The number of rotatable bonds is 2. The van der Waals surface area contributed by atoms with E-state index >= 15 is 0 Å². The molecule has 1 amide bonds. The third-order valence-corrected chi connectivity index (χ3v) is 3.24. The predicted octanol–water partition coefficient (Wildman–Crippen LogP) is 2.05. The van der Waals surface area contributed by atoms with Gasteiger partial charge in [0.2, 0.25) is 0 Å². The zero-order chi connectivity index (χ0) is 12.3. The van der Waals surface area contributed by atoms with Gasteiger partial charge in [-0.05, 0) is 25.0 Å². The van der Waals surface area contributed by atoms with Gasteiger partial charge in [0.1, 0.15) is 0 Å². The van der Waals surface area contributed by atoms with E-state index in [-0.39, 0.29) is 5.91 Å². The third-order valence-electron chi connectivity index (χ3n) is 2.91. The topological polar surface area (TPSA) is 58.4 Å². The average Bonchev–Trinajstić information content (AvgIpc) is 2.34. The Hall–Kier alpha value is -1.26. The molecule has 2 rings (SSSR count). The van der Waals surface area contributed by atoms with Crippen LogP contribution in [0.1, 0.15) is 29.6 Å². The molecule has 4 nitrogen and oxygen atoms in total. The summed E-state index contributed by atoms with van der Waals surface area (Å²) in [5, 5.41) is 2.35. The van der Waals surface area contributed by atoms with Crippen molar-refractivity contribution in [3.8, 4) is 0 Å². The van der Waals surface area contributed by atoms with Gasteiger partial charge in [-0.2, -0.15) is 0 Å². The van der Waals surface area contributed by atoms with Crippen molar-refractivity contribution in [3.63, 3.8) is 0 Å². The standard InChI is InChI=1S/C12H16ClN3O/c13-10-6-4-5-9(11(10)14)12(17)15-16-7-2-1-3-8-16/h4-6H,1-3,7-8,14H2,(H,15,17). The molecule has 1 fully saturated rings. The van der Waals surface area contributed by atoms with Crippen LogP contribution in [0.25, 0.3) is 0 Å². The SMILES string of the molecule is Nc1c(Cl)cccc1C(=O)NN1CCCCC1. The van der Waals surface area contributed by atoms with Crippen LogP contribution in [0.5, 0.6) is 0 Å². The molecule has 0 aromatic heterocycles. The summed E-state index contributed by atoms with van der Waals surface area (Å²) in [4.78, 5) is 12.0. The van der Waals surface area contributed by atoms with Crippen LogP contribution >= 0.6 is 11.6 Å². The van der Waals surface area contributed by atoms with Crippen LogP contribution in [-0.4, -0.2) is 24.0 Å². The van der Waals surface area contributed by atoms with Crippen LogP contribution in [-0.2, 0) is 0 Å². The number of benzene rings is 1. The Morgan fingerprint density at radius 3 is 2.71 bits per heavy atom. The number of piperidine rings is 1. The van der Waals surface area contributed by atoms with Crippen molar-refractivity contribution in [1.29, 1.82) is 0 Å². The number of nitrogens with two attached hydrogens (primary N) is 1. The van der Waals surface area contributed by atoms with Gasteiger partial charge in [0.15, 0.2) is 0 Å². The largest absolute Gasteiger partial charge is 0.397 e. The van der Waals surface area contributed by atoms with Crippen molar-refractivity contribution in [1.82, 2.24) is 10.4 Å². The second-order valence-corrected chi connectivity index (χ2v) is 4.60. The first kappa shape index (κ1) is 12.2. The molecule has 1 aliphatic heterocycles. The quantitative estimate of drug-likeness (QED) is 0.794. The maximum absolute atomic E-state index is 12.0. The first-order chi connectivity index (χ1) is 8.18. The van der Waals surface area contributed by atoms with E-state index in [1.807, 2.05) is 5.01 Å². The van der Waals surface area contributed by atoms with Gasteiger partial charge in [0.25, 0.3) is 5.91 Å². The van der Waals surface area contributed by atoms with Gasteiger partial charge in [-0.25, -0.2) is 5.01 Å². The summed E-state index contributed by atoms with van der Waals surface area (Å²) in [7, 11) is 0. The minimum absolute atomic E-state index is 0.188. The Bertz CT molecular complexity index is 416. The summed E-state index contributed by atoms with van der Waals surface area (Å²) in [6.45, 7) is 1.79. The lowest BCUT2D eigenvalue weighted by molar-refractivity contribution is 0.0751. The highest BCUT2D eigenvalue weighted by Crippen LogP contribution is 2.22. The van der Waals surface area contributed by atoms with E-state index in [4.69, 9.17) is 17.3 Å². The lowest BCUT2D eigenvalue weighted by atomic mass is 10.1. The molecule has 1 saturated heterocycles. The summed E-state index contributed by atoms with van der Waals surface area (Å²) in [6.07, 6.45) is 3.46. The summed E-state index contributed by atoms with van der Waals surface area (Å²) in [6, 6.07) is 5.08. The maximum Gasteiger partial charge on any atom is 0.267 e. The molecule has 0 radical (unpaired) electrons. The minimum atomic E-state index is -0.188. The number of nitrogens with one attached hydrogen (secondary N) is 1. The second-order valence-electron chi connectivity index (χ2n) is 4.19. The van der Waals surface area contributed by atoms with E-state index < -0.39 is 0 Å². The number of amides is 1. The number of anilines is 1. The number of hydrogen-bond acceptors (Lipinski definition) is 3. The van der Waals surface area contributed by atoms with Crippen molar-refractivity contribution >= 4 is 23.2 Å². The number of hydrazine groups is 1. The lowest BCUT2D eigenvalue weighted by Crippen LogP contribution is -2.45. The van der Waals surface area contributed by atoms with Crippen LogP contribution in [0, 0.1) is 0 Å². The predicted molar refractivity (Wildman–Crippen MR) is 68.8 cm³/mol. The number of carbonyl (C=O) groups is 1. The second kappa shape index (κ2) is 5.38. The van der Waals surface area contributed by atoms with Crippen LogP contribution in [0.15, 0.2) is 18.2 Å². The summed E-state index contributed by atoms with van der Waals surface area (Å²) >= 11 is 5.88. The molecule has 17 heavy (non-hydrogen) atoms. The number of nitrogen functional groups attached to an aromatic ring is 1. The van der Waals surface area contributed by atoms with E-state index in [1.165, 1.54) is 6.42 Å². The molecule has 0 saturated carbocycles. The molecule has 92 valence electrons. The van der Waals surface area contributed by atoms with Gasteiger partial charge in [0.05, 0.1) is 16.3 Å². The lowest BCUT2D eigenvalue weighted by Gasteiger charge is -2.27. The van der Waals surface area contributed by atoms with Gasteiger partial charge in [-0.1, -0.05) is 24.1 Å². The van der Waals surface area contributed by atoms with Gasteiger partial charge in [-0.3, -0.25) is 10.2 Å². The van der Waals surface area contributed by atoms with E-state index in [0.717, 1.165) is 25.9 Å². The first-order valence-electron chi connectivity index (χ1n) is 5.78. The van der Waals surface area contributed by atoms with Crippen molar-refractivity contribution in [2.24, 2.45) is 0 Å². The summed E-state index contributed by atoms with van der Waals surface area (Å²) < 4.78 is 0. The molecule has 1 heterocycles. The summed E-state index contributed by atoms with van der Waals surface area (Å²) in [5.41, 5.74) is 9.41. The van der Waals surface area contributed by atoms with E-state index in [0.29, 0.717) is 16.3 Å². The Balaban J connectivity index is 2.06. The molecule has 5 heteroatoms. The molecular weight excluding hydrogens is 238 g/mol. The van der Waals surface area contributed by atoms with Crippen LogP contribution in [0.2, 0.25) is 5.02 Å². The monoisotopic (exact) mass is 253 g/mol. The molecule has 3 N–H and O–H groups in total. The van der Waals surface area contributed by atoms with Crippen molar-refractivity contribution in [3.05, 3.63) is 28.8 Å². The average molecular weight is 254 g/mol. The fourth-order valence-corrected chi connectivity index (χ4v) is 2.12. The molecule has 0 atom stereocenters. The Kier molecular flexibility index (Phi) is 3.86. The van der Waals surface area contributed by atoms with E-state index in [9.17, 15) is 4.79 Å². The Labute approximate surface area is 106 Å². The molecule has 0 bridgehead atoms. The highest BCUT2D eigenvalue weighted by atomic mass is 35.5. The maximum atomic E-state index is 12.0. The summed E-state index contributed by atoms with van der Waals surface area (Å²) in [5.74, 6) is -0.188. The third kappa shape index (κ3) is 2.90. The number of nitrogens with zero attached hydrogens (tertiary/aromatic N) is 1. The van der Waals surface area contributed by atoms with Gasteiger partial charge < -0.3 is 5.73 Å². The van der Waals surface area contributed by atoms with Crippen LogP contribution in [0.3, 0.4) is 0 Å². The Morgan fingerprint density at radius 2 is 2.00 bits per heavy atom. The van der Waals surface area contributed by atoms with Gasteiger partial charge >= 0.3 is 0 Å². The van der Waals surface area contributed by atoms with Crippen molar-refractivity contribution < 1.29 is 4.79 Å². The van der Waals surface area contributed by atoms with E-state index in [1.54, 1.807) is 18.2 Å². The normalized spacial score (nSPS) is 16.8. The fourth-order valence-electron chi connectivity index (χ4n) is 1.94. The molecular formula is C12H16ClN3O. The van der Waals surface area contributed by atoms with Crippen molar-refractivity contribution in [2.45, 2.75) is 19.3 Å². The number of hydrogen-bond donors (Lipinski definition) is 2. The molecule has 1 aromatic carbocycles. The first-order valence-corrected chi connectivity index (χ1v) is 6.16.